The number of methoxy groups -OCH3 is 1. The quantitative estimate of drug-likeness (QED) is 0.706. The molecule has 4 nitrogen and oxygen atoms in total. The molecule has 1 unspecified atom stereocenters. The molecule has 1 aromatic carbocycles. The summed E-state index contributed by atoms with van der Waals surface area (Å²) in [7, 11) is 1.55. The third-order valence-electron chi connectivity index (χ3n) is 2.76. The number of ether oxygens (including phenoxy) is 1. The first-order chi connectivity index (χ1) is 8.85. The van der Waals surface area contributed by atoms with Crippen molar-refractivity contribution in [1.29, 1.82) is 0 Å². The summed E-state index contributed by atoms with van der Waals surface area (Å²) in [6.45, 7) is 2.53. The molecule has 0 fully saturated rings. The molecule has 6 heteroatoms. The number of benzene rings is 1. The second-order valence-corrected chi connectivity index (χ2v) is 4.75. The summed E-state index contributed by atoms with van der Waals surface area (Å²) in [5.74, 6) is -2.97. The van der Waals surface area contributed by atoms with Crippen molar-refractivity contribution in [3.8, 4) is 5.75 Å². The molecule has 0 amide bonds. The molecular weight excluding hydrogens is 256 g/mol. The molecule has 0 aromatic heterocycles. The molecule has 0 aliphatic carbocycles. The normalized spacial score (nSPS) is 14.4. The molecule has 108 valence electrons. The topological polar surface area (TPSA) is 61.7 Å². The van der Waals surface area contributed by atoms with E-state index in [9.17, 15) is 13.9 Å². The average Bonchev–Trinajstić information content (AvgIpc) is 2.33. The first kappa shape index (κ1) is 15.8. The van der Waals surface area contributed by atoms with E-state index in [0.717, 1.165) is 12.1 Å². The lowest BCUT2D eigenvalue weighted by atomic mass is 10.0. The molecule has 0 saturated heterocycles. The van der Waals surface area contributed by atoms with E-state index in [0.29, 0.717) is 18.6 Å². The fourth-order valence-electron chi connectivity index (χ4n) is 1.61. The van der Waals surface area contributed by atoms with Crippen LogP contribution in [0.4, 0.5) is 8.78 Å². The fourth-order valence-corrected chi connectivity index (χ4v) is 1.61. The SMILES string of the molecule is COCCC(C)(O)CNCc1cc(F)c(O)c(F)c1. The van der Waals surface area contributed by atoms with Gasteiger partial charge in [-0.2, -0.15) is 0 Å². The van der Waals surface area contributed by atoms with Crippen LogP contribution in [-0.2, 0) is 11.3 Å². The molecular formula is C13H19F2NO3. The van der Waals surface area contributed by atoms with Gasteiger partial charge >= 0.3 is 0 Å². The number of hydrogen-bond acceptors (Lipinski definition) is 4. The molecule has 0 spiro atoms. The van der Waals surface area contributed by atoms with Gasteiger partial charge in [-0.25, -0.2) is 8.78 Å². The van der Waals surface area contributed by atoms with E-state index in [1.54, 1.807) is 14.0 Å². The number of aliphatic hydroxyl groups is 1. The summed E-state index contributed by atoms with van der Waals surface area (Å²) in [6, 6.07) is 2.10. The number of aromatic hydroxyl groups is 1. The summed E-state index contributed by atoms with van der Waals surface area (Å²) in [4.78, 5) is 0. The van der Waals surface area contributed by atoms with Crippen LogP contribution in [0.15, 0.2) is 12.1 Å². The molecule has 0 saturated carbocycles. The molecule has 0 radical (unpaired) electrons. The van der Waals surface area contributed by atoms with Crippen LogP contribution < -0.4 is 5.32 Å². The van der Waals surface area contributed by atoms with Crippen molar-refractivity contribution in [3.05, 3.63) is 29.3 Å². The van der Waals surface area contributed by atoms with Crippen molar-refractivity contribution < 1.29 is 23.7 Å². The Hall–Kier alpha value is -1.24. The summed E-state index contributed by atoms with van der Waals surface area (Å²) in [5, 5.41) is 21.8. The zero-order valence-corrected chi connectivity index (χ0v) is 11.0. The minimum absolute atomic E-state index is 0.192. The summed E-state index contributed by atoms with van der Waals surface area (Å²) < 4.78 is 31.0. The van der Waals surface area contributed by atoms with Gasteiger partial charge in [-0.1, -0.05) is 0 Å². The first-order valence-corrected chi connectivity index (χ1v) is 5.94. The Balaban J connectivity index is 2.49. The summed E-state index contributed by atoms with van der Waals surface area (Å²) in [6.07, 6.45) is 0.453. The molecule has 1 aromatic rings. The Kier molecular flexibility index (Phi) is 5.65. The monoisotopic (exact) mass is 275 g/mol. The first-order valence-electron chi connectivity index (χ1n) is 5.94. The minimum Gasteiger partial charge on any atom is -0.503 e. The number of rotatable bonds is 7. The van der Waals surface area contributed by atoms with Crippen LogP contribution in [0, 0.1) is 11.6 Å². The van der Waals surface area contributed by atoms with Crippen LogP contribution in [0.2, 0.25) is 0 Å². The minimum atomic E-state index is -0.997. The van der Waals surface area contributed by atoms with Crippen LogP contribution in [0.5, 0.6) is 5.75 Å². The molecule has 1 rings (SSSR count). The van der Waals surface area contributed by atoms with Gasteiger partial charge in [0.25, 0.3) is 0 Å². The molecule has 0 heterocycles. The Morgan fingerprint density at radius 3 is 2.42 bits per heavy atom. The highest BCUT2D eigenvalue weighted by atomic mass is 19.1. The highest BCUT2D eigenvalue weighted by molar-refractivity contribution is 5.29. The van der Waals surface area contributed by atoms with Gasteiger partial charge in [-0.3, -0.25) is 0 Å². The van der Waals surface area contributed by atoms with Crippen molar-refractivity contribution in [2.45, 2.75) is 25.5 Å². The third kappa shape index (κ3) is 5.10. The van der Waals surface area contributed by atoms with E-state index in [-0.39, 0.29) is 13.1 Å². The van der Waals surface area contributed by atoms with Crippen molar-refractivity contribution in [2.24, 2.45) is 0 Å². The predicted octanol–water partition coefficient (Wildman–Crippen LogP) is 1.55. The number of halogens is 2. The summed E-state index contributed by atoms with van der Waals surface area (Å²) in [5.41, 5.74) is -0.598. The Bertz CT molecular complexity index is 401. The van der Waals surface area contributed by atoms with Crippen LogP contribution in [-0.4, -0.2) is 36.1 Å². The van der Waals surface area contributed by atoms with E-state index in [1.807, 2.05) is 0 Å². The maximum Gasteiger partial charge on any atom is 0.187 e. The molecule has 0 aliphatic heterocycles. The average molecular weight is 275 g/mol. The van der Waals surface area contributed by atoms with E-state index < -0.39 is 23.0 Å². The molecule has 19 heavy (non-hydrogen) atoms. The van der Waals surface area contributed by atoms with Crippen LogP contribution in [0.3, 0.4) is 0 Å². The fraction of sp³-hybridized carbons (Fsp3) is 0.538. The van der Waals surface area contributed by atoms with Gasteiger partial charge in [0.15, 0.2) is 17.4 Å². The number of hydrogen-bond donors (Lipinski definition) is 3. The Morgan fingerprint density at radius 1 is 1.32 bits per heavy atom. The molecule has 0 bridgehead atoms. The van der Waals surface area contributed by atoms with Gasteiger partial charge < -0.3 is 20.3 Å². The molecule has 1 atom stereocenters. The predicted molar refractivity (Wildman–Crippen MR) is 66.8 cm³/mol. The lowest BCUT2D eigenvalue weighted by molar-refractivity contribution is 0.0247. The lowest BCUT2D eigenvalue weighted by Crippen LogP contribution is -2.38. The van der Waals surface area contributed by atoms with Crippen molar-refractivity contribution in [1.82, 2.24) is 5.32 Å². The van der Waals surface area contributed by atoms with E-state index >= 15 is 0 Å². The zero-order valence-electron chi connectivity index (χ0n) is 11.0. The number of nitrogens with one attached hydrogen (secondary N) is 1. The smallest absolute Gasteiger partial charge is 0.187 e. The standard InChI is InChI=1S/C13H19F2NO3/c1-13(18,3-4-19-2)8-16-7-9-5-10(14)12(17)11(15)6-9/h5-6,16-18H,3-4,7-8H2,1-2H3. The van der Waals surface area contributed by atoms with Gasteiger partial charge in [0.05, 0.1) is 5.60 Å². The highest BCUT2D eigenvalue weighted by Crippen LogP contribution is 2.21. The molecule has 3 N–H and O–H groups in total. The van der Waals surface area contributed by atoms with E-state index in [2.05, 4.69) is 5.32 Å². The van der Waals surface area contributed by atoms with Crippen molar-refractivity contribution in [3.63, 3.8) is 0 Å². The molecule has 0 aliphatic rings. The van der Waals surface area contributed by atoms with Gasteiger partial charge in [0.1, 0.15) is 0 Å². The Morgan fingerprint density at radius 2 is 1.89 bits per heavy atom. The third-order valence-corrected chi connectivity index (χ3v) is 2.76. The lowest BCUT2D eigenvalue weighted by Gasteiger charge is -2.23. The summed E-state index contributed by atoms with van der Waals surface area (Å²) >= 11 is 0. The van der Waals surface area contributed by atoms with Gasteiger partial charge in [0, 0.05) is 33.2 Å². The van der Waals surface area contributed by atoms with Crippen molar-refractivity contribution in [2.75, 3.05) is 20.3 Å². The highest BCUT2D eigenvalue weighted by Gasteiger charge is 2.19. The van der Waals surface area contributed by atoms with E-state index in [4.69, 9.17) is 9.84 Å². The van der Waals surface area contributed by atoms with Gasteiger partial charge in [-0.05, 0) is 24.6 Å². The second kappa shape index (κ2) is 6.79. The number of phenolic OH excluding ortho intramolecular Hbond substituents is 1. The van der Waals surface area contributed by atoms with Crippen LogP contribution in [0.1, 0.15) is 18.9 Å². The maximum absolute atomic E-state index is 13.1. The van der Waals surface area contributed by atoms with Gasteiger partial charge in [-0.15, -0.1) is 0 Å². The van der Waals surface area contributed by atoms with Gasteiger partial charge in [0.2, 0.25) is 0 Å². The van der Waals surface area contributed by atoms with Crippen molar-refractivity contribution >= 4 is 0 Å². The Labute approximate surface area is 111 Å². The largest absolute Gasteiger partial charge is 0.503 e. The zero-order chi connectivity index (χ0) is 14.5. The van der Waals surface area contributed by atoms with E-state index in [1.165, 1.54) is 0 Å². The van der Waals surface area contributed by atoms with Crippen LogP contribution in [0.25, 0.3) is 0 Å². The maximum atomic E-state index is 13.1. The number of phenols is 1. The van der Waals surface area contributed by atoms with Crippen LogP contribution >= 0.6 is 0 Å². The second-order valence-electron chi connectivity index (χ2n) is 4.75.